The van der Waals surface area contributed by atoms with E-state index in [2.05, 4.69) is 10.6 Å². The van der Waals surface area contributed by atoms with Crippen LogP contribution in [0.25, 0.3) is 0 Å². The van der Waals surface area contributed by atoms with E-state index in [0.29, 0.717) is 12.3 Å². The van der Waals surface area contributed by atoms with Gasteiger partial charge in [0.2, 0.25) is 5.91 Å². The van der Waals surface area contributed by atoms with Crippen LogP contribution in [0.5, 0.6) is 0 Å². The minimum atomic E-state index is -0.226. The molecule has 2 N–H and O–H groups in total. The van der Waals surface area contributed by atoms with Crippen LogP contribution in [0.3, 0.4) is 0 Å². The molecule has 0 bridgehead atoms. The third-order valence-corrected chi connectivity index (χ3v) is 3.80. The first-order valence-corrected chi connectivity index (χ1v) is 7.38. The molecule has 1 aromatic rings. The highest BCUT2D eigenvalue weighted by Crippen LogP contribution is 2.14. The first kappa shape index (κ1) is 15.0. The van der Waals surface area contributed by atoms with E-state index in [1.54, 1.807) is 12.1 Å². The van der Waals surface area contributed by atoms with Gasteiger partial charge in [-0.05, 0) is 62.9 Å². The fraction of sp³-hybridized carbons (Fsp3) is 0.562. The van der Waals surface area contributed by atoms with Crippen LogP contribution in [-0.2, 0) is 11.2 Å². The molecule has 0 aromatic heterocycles. The number of hydrogen-bond donors (Lipinski definition) is 2. The molecule has 2 rings (SSSR count). The van der Waals surface area contributed by atoms with E-state index in [1.807, 2.05) is 6.92 Å². The Balaban J connectivity index is 1.68. The minimum Gasteiger partial charge on any atom is -0.353 e. The second kappa shape index (κ2) is 7.39. The number of carbonyl (C=O) groups excluding carboxylic acids is 1. The van der Waals surface area contributed by atoms with Crippen molar-refractivity contribution in [3.05, 3.63) is 35.6 Å². The maximum atomic E-state index is 12.8. The van der Waals surface area contributed by atoms with Crippen LogP contribution in [0.15, 0.2) is 24.3 Å². The highest BCUT2D eigenvalue weighted by molar-refractivity contribution is 5.76. The van der Waals surface area contributed by atoms with Crippen LogP contribution in [-0.4, -0.2) is 25.0 Å². The molecular formula is C16H23FN2O. The summed E-state index contributed by atoms with van der Waals surface area (Å²) in [5.41, 5.74) is 1.04. The van der Waals surface area contributed by atoms with Crippen molar-refractivity contribution in [1.82, 2.24) is 10.6 Å². The van der Waals surface area contributed by atoms with Gasteiger partial charge in [-0.3, -0.25) is 4.79 Å². The standard InChI is InChI=1S/C16H23FN2O/c1-12(10-13-2-5-15(17)6-3-13)19-16(20)7-4-14-8-9-18-11-14/h2-3,5-6,12,14,18H,4,7-11H2,1H3,(H,19,20). The Morgan fingerprint density at radius 2 is 2.20 bits per heavy atom. The summed E-state index contributed by atoms with van der Waals surface area (Å²) < 4.78 is 12.8. The average Bonchev–Trinajstić information content (AvgIpc) is 2.92. The normalized spacial score (nSPS) is 19.8. The molecule has 1 fully saturated rings. The van der Waals surface area contributed by atoms with Crippen LogP contribution in [0.4, 0.5) is 4.39 Å². The summed E-state index contributed by atoms with van der Waals surface area (Å²) in [6.07, 6.45) is 3.47. The van der Waals surface area contributed by atoms with E-state index in [0.717, 1.165) is 31.5 Å². The Morgan fingerprint density at radius 3 is 2.85 bits per heavy atom. The maximum Gasteiger partial charge on any atom is 0.220 e. The Kier molecular flexibility index (Phi) is 5.53. The Morgan fingerprint density at radius 1 is 1.45 bits per heavy atom. The zero-order valence-electron chi connectivity index (χ0n) is 12.0. The van der Waals surface area contributed by atoms with Crippen molar-refractivity contribution < 1.29 is 9.18 Å². The molecule has 1 aliphatic rings. The van der Waals surface area contributed by atoms with Crippen LogP contribution >= 0.6 is 0 Å². The molecule has 20 heavy (non-hydrogen) atoms. The van der Waals surface area contributed by atoms with Crippen LogP contribution in [0, 0.1) is 11.7 Å². The second-order valence-corrected chi connectivity index (χ2v) is 5.70. The molecule has 4 heteroatoms. The van der Waals surface area contributed by atoms with E-state index in [-0.39, 0.29) is 17.8 Å². The van der Waals surface area contributed by atoms with E-state index in [1.165, 1.54) is 18.6 Å². The average molecular weight is 278 g/mol. The summed E-state index contributed by atoms with van der Waals surface area (Å²) in [6, 6.07) is 6.52. The number of amides is 1. The lowest BCUT2D eigenvalue weighted by Gasteiger charge is -2.15. The molecule has 110 valence electrons. The summed E-state index contributed by atoms with van der Waals surface area (Å²) >= 11 is 0. The minimum absolute atomic E-state index is 0.0784. The number of halogens is 1. The number of rotatable bonds is 6. The lowest BCUT2D eigenvalue weighted by Crippen LogP contribution is -2.34. The van der Waals surface area contributed by atoms with Gasteiger partial charge in [0, 0.05) is 12.5 Å². The highest BCUT2D eigenvalue weighted by atomic mass is 19.1. The van der Waals surface area contributed by atoms with E-state index in [9.17, 15) is 9.18 Å². The predicted molar refractivity (Wildman–Crippen MR) is 77.9 cm³/mol. The van der Waals surface area contributed by atoms with E-state index in [4.69, 9.17) is 0 Å². The van der Waals surface area contributed by atoms with Gasteiger partial charge in [0.15, 0.2) is 0 Å². The molecule has 0 spiro atoms. The SMILES string of the molecule is CC(Cc1ccc(F)cc1)NC(=O)CCC1CCNC1. The Bertz CT molecular complexity index is 427. The first-order valence-electron chi connectivity index (χ1n) is 7.38. The molecule has 1 heterocycles. The molecule has 1 aliphatic heterocycles. The number of hydrogen-bond acceptors (Lipinski definition) is 2. The van der Waals surface area contributed by atoms with Crippen LogP contribution in [0.1, 0.15) is 31.7 Å². The summed E-state index contributed by atoms with van der Waals surface area (Å²) in [6.45, 7) is 4.10. The van der Waals surface area contributed by atoms with Gasteiger partial charge in [-0.25, -0.2) is 4.39 Å². The van der Waals surface area contributed by atoms with Crippen molar-refractivity contribution >= 4 is 5.91 Å². The van der Waals surface area contributed by atoms with E-state index < -0.39 is 0 Å². The zero-order valence-corrected chi connectivity index (χ0v) is 12.0. The van der Waals surface area contributed by atoms with Crippen molar-refractivity contribution in [3.63, 3.8) is 0 Å². The third kappa shape index (κ3) is 4.93. The topological polar surface area (TPSA) is 41.1 Å². The lowest BCUT2D eigenvalue weighted by atomic mass is 10.0. The number of benzene rings is 1. The van der Waals surface area contributed by atoms with Gasteiger partial charge >= 0.3 is 0 Å². The van der Waals surface area contributed by atoms with Crippen molar-refractivity contribution in [2.45, 2.75) is 38.6 Å². The molecule has 0 aliphatic carbocycles. The fourth-order valence-electron chi connectivity index (χ4n) is 2.67. The van der Waals surface area contributed by atoms with Crippen molar-refractivity contribution in [2.24, 2.45) is 5.92 Å². The van der Waals surface area contributed by atoms with Gasteiger partial charge in [-0.1, -0.05) is 12.1 Å². The first-order chi connectivity index (χ1) is 9.63. The van der Waals surface area contributed by atoms with Crippen molar-refractivity contribution in [3.8, 4) is 0 Å². The summed E-state index contributed by atoms with van der Waals surface area (Å²) in [5.74, 6) is 0.537. The largest absolute Gasteiger partial charge is 0.353 e. The molecule has 1 amide bonds. The van der Waals surface area contributed by atoms with Gasteiger partial charge in [-0.2, -0.15) is 0 Å². The van der Waals surface area contributed by atoms with Gasteiger partial charge < -0.3 is 10.6 Å². The smallest absolute Gasteiger partial charge is 0.220 e. The highest BCUT2D eigenvalue weighted by Gasteiger charge is 2.16. The Hall–Kier alpha value is -1.42. The fourth-order valence-corrected chi connectivity index (χ4v) is 2.67. The quantitative estimate of drug-likeness (QED) is 0.838. The number of carbonyl (C=O) groups is 1. The van der Waals surface area contributed by atoms with Gasteiger partial charge in [0.1, 0.15) is 5.82 Å². The van der Waals surface area contributed by atoms with Crippen LogP contribution in [0.2, 0.25) is 0 Å². The van der Waals surface area contributed by atoms with E-state index >= 15 is 0 Å². The number of nitrogens with one attached hydrogen (secondary N) is 2. The van der Waals surface area contributed by atoms with Crippen molar-refractivity contribution in [1.29, 1.82) is 0 Å². The molecular weight excluding hydrogens is 255 g/mol. The van der Waals surface area contributed by atoms with Gasteiger partial charge in [0.05, 0.1) is 0 Å². The zero-order chi connectivity index (χ0) is 14.4. The molecule has 0 saturated carbocycles. The molecule has 2 unspecified atom stereocenters. The predicted octanol–water partition coefficient (Wildman–Crippen LogP) is 2.26. The molecule has 2 atom stereocenters. The summed E-state index contributed by atoms with van der Waals surface area (Å²) in [4.78, 5) is 11.9. The van der Waals surface area contributed by atoms with Crippen LogP contribution < -0.4 is 10.6 Å². The molecule has 0 radical (unpaired) electrons. The van der Waals surface area contributed by atoms with Gasteiger partial charge in [0.25, 0.3) is 0 Å². The summed E-state index contributed by atoms with van der Waals surface area (Å²) in [5, 5.41) is 6.33. The second-order valence-electron chi connectivity index (χ2n) is 5.70. The third-order valence-electron chi connectivity index (χ3n) is 3.80. The summed E-state index contributed by atoms with van der Waals surface area (Å²) in [7, 11) is 0. The molecule has 3 nitrogen and oxygen atoms in total. The molecule has 1 saturated heterocycles. The van der Waals surface area contributed by atoms with Gasteiger partial charge in [-0.15, -0.1) is 0 Å². The molecule has 1 aromatic carbocycles. The lowest BCUT2D eigenvalue weighted by molar-refractivity contribution is -0.121. The maximum absolute atomic E-state index is 12.8. The van der Waals surface area contributed by atoms with Crippen molar-refractivity contribution in [2.75, 3.05) is 13.1 Å². The monoisotopic (exact) mass is 278 g/mol. The Labute approximate surface area is 120 Å².